The molecule has 5 aromatic rings. The maximum absolute atomic E-state index is 12.3. The molecule has 1 fully saturated rings. The van der Waals surface area contributed by atoms with Crippen LogP contribution in [0.25, 0.3) is 22.1 Å². The van der Waals surface area contributed by atoms with E-state index in [0.29, 0.717) is 47.2 Å². The highest BCUT2D eigenvalue weighted by molar-refractivity contribution is 5.93. The van der Waals surface area contributed by atoms with Crippen LogP contribution in [0.2, 0.25) is 0 Å². The van der Waals surface area contributed by atoms with E-state index in [9.17, 15) is 4.79 Å². The summed E-state index contributed by atoms with van der Waals surface area (Å²) in [5, 5.41) is 14.6. The number of aryl methyl sites for hydroxylation is 2. The molecular formula is C30H32N10O3. The van der Waals surface area contributed by atoms with Gasteiger partial charge in [0.25, 0.3) is 0 Å². The van der Waals surface area contributed by atoms with Crippen LogP contribution < -0.4 is 20.3 Å². The SMILES string of the molecule is C=C(COC)C(=O)NC1CCN(c2ncc3ncnc(Nc4ccc(Oc5ccc6c(c5)nnn6C)c(C)c4)c3n2)CC1. The Morgan fingerprint density at radius 1 is 1.09 bits per heavy atom. The van der Waals surface area contributed by atoms with E-state index in [1.807, 2.05) is 50.4 Å². The summed E-state index contributed by atoms with van der Waals surface area (Å²) in [5.74, 6) is 2.42. The molecule has 1 aliphatic heterocycles. The summed E-state index contributed by atoms with van der Waals surface area (Å²) >= 11 is 0. The van der Waals surface area contributed by atoms with E-state index in [0.717, 1.165) is 40.9 Å². The van der Waals surface area contributed by atoms with Crippen LogP contribution >= 0.6 is 0 Å². The predicted molar refractivity (Wildman–Crippen MR) is 163 cm³/mol. The van der Waals surface area contributed by atoms with Crippen LogP contribution in [0.3, 0.4) is 0 Å². The van der Waals surface area contributed by atoms with Crippen molar-refractivity contribution in [3.8, 4) is 11.5 Å². The summed E-state index contributed by atoms with van der Waals surface area (Å²) in [4.78, 5) is 32.6. The van der Waals surface area contributed by atoms with Crippen LogP contribution in [-0.4, -0.2) is 73.7 Å². The second-order valence-electron chi connectivity index (χ2n) is 10.5. The minimum atomic E-state index is -0.173. The van der Waals surface area contributed by atoms with Crippen molar-refractivity contribution >= 4 is 45.4 Å². The van der Waals surface area contributed by atoms with Crippen molar-refractivity contribution in [3.63, 3.8) is 0 Å². The van der Waals surface area contributed by atoms with Crippen LogP contribution in [-0.2, 0) is 16.6 Å². The van der Waals surface area contributed by atoms with Gasteiger partial charge in [-0.25, -0.2) is 24.6 Å². The average molecular weight is 581 g/mol. The molecule has 0 atom stereocenters. The molecule has 0 bridgehead atoms. The van der Waals surface area contributed by atoms with Gasteiger partial charge in [0.2, 0.25) is 11.9 Å². The zero-order chi connectivity index (χ0) is 29.9. The van der Waals surface area contributed by atoms with E-state index < -0.39 is 0 Å². The molecule has 4 heterocycles. The van der Waals surface area contributed by atoms with Crippen LogP contribution in [0.5, 0.6) is 11.5 Å². The van der Waals surface area contributed by atoms with Crippen molar-refractivity contribution in [1.29, 1.82) is 0 Å². The molecule has 6 rings (SSSR count). The highest BCUT2D eigenvalue weighted by atomic mass is 16.5. The van der Waals surface area contributed by atoms with Crippen molar-refractivity contribution in [2.24, 2.45) is 7.05 Å². The van der Waals surface area contributed by atoms with E-state index in [1.54, 1.807) is 18.0 Å². The number of anilines is 3. The Bertz CT molecular complexity index is 1810. The first-order valence-electron chi connectivity index (χ1n) is 13.9. The number of fused-ring (bicyclic) bond motifs is 2. The lowest BCUT2D eigenvalue weighted by atomic mass is 10.0. The van der Waals surface area contributed by atoms with Gasteiger partial charge in [0.15, 0.2) is 5.82 Å². The minimum absolute atomic E-state index is 0.0588. The maximum Gasteiger partial charge on any atom is 0.249 e. The van der Waals surface area contributed by atoms with Gasteiger partial charge in [-0.15, -0.1) is 5.10 Å². The van der Waals surface area contributed by atoms with Gasteiger partial charge in [0, 0.05) is 50.6 Å². The van der Waals surface area contributed by atoms with Gasteiger partial charge in [-0.3, -0.25) is 4.79 Å². The smallest absolute Gasteiger partial charge is 0.249 e. The Morgan fingerprint density at radius 2 is 1.93 bits per heavy atom. The molecule has 2 N–H and O–H groups in total. The number of ether oxygens (including phenoxy) is 2. The quantitative estimate of drug-likeness (QED) is 0.245. The fourth-order valence-corrected chi connectivity index (χ4v) is 5.03. The monoisotopic (exact) mass is 580 g/mol. The second kappa shape index (κ2) is 12.0. The lowest BCUT2D eigenvalue weighted by Gasteiger charge is -2.32. The molecule has 0 aliphatic carbocycles. The molecule has 13 heteroatoms. The summed E-state index contributed by atoms with van der Waals surface area (Å²) in [5.41, 5.74) is 5.16. The fraction of sp³-hybridized carbons (Fsp3) is 0.300. The van der Waals surface area contributed by atoms with Gasteiger partial charge >= 0.3 is 0 Å². The largest absolute Gasteiger partial charge is 0.457 e. The number of hydrogen-bond donors (Lipinski definition) is 2. The molecule has 0 saturated carbocycles. The summed E-state index contributed by atoms with van der Waals surface area (Å²) in [6, 6.07) is 11.6. The van der Waals surface area contributed by atoms with Crippen molar-refractivity contribution in [3.05, 3.63) is 66.6 Å². The van der Waals surface area contributed by atoms with Gasteiger partial charge in [-0.1, -0.05) is 11.8 Å². The van der Waals surface area contributed by atoms with E-state index in [4.69, 9.17) is 14.5 Å². The summed E-state index contributed by atoms with van der Waals surface area (Å²) in [6.45, 7) is 7.38. The van der Waals surface area contributed by atoms with Crippen molar-refractivity contribution in [1.82, 2.24) is 40.2 Å². The average Bonchev–Trinajstić information content (AvgIpc) is 3.38. The summed E-state index contributed by atoms with van der Waals surface area (Å²) in [6.07, 6.45) is 4.74. The standard InChI is InChI=1S/C30H32N10O3/c1-18-13-21(5-8-26(18)43-22-6-7-25-23(14-22)37-38-39(25)3)34-28-27-24(32-17-33-28)15-31-30(36-27)40-11-9-20(10-12-40)35-29(41)19(2)16-42-4/h5-8,13-15,17,20H,2,9-12,16H2,1,3-4H3,(H,35,41)(H,32,33,34). The van der Waals surface area contributed by atoms with Gasteiger partial charge < -0.3 is 25.0 Å². The lowest BCUT2D eigenvalue weighted by Crippen LogP contribution is -2.45. The molecule has 1 aliphatic rings. The third kappa shape index (κ3) is 6.06. The van der Waals surface area contributed by atoms with Crippen LogP contribution in [0, 0.1) is 6.92 Å². The zero-order valence-corrected chi connectivity index (χ0v) is 24.2. The summed E-state index contributed by atoms with van der Waals surface area (Å²) < 4.78 is 12.9. The van der Waals surface area contributed by atoms with E-state index in [1.165, 1.54) is 6.33 Å². The molecule has 2 aromatic carbocycles. The lowest BCUT2D eigenvalue weighted by molar-refractivity contribution is -0.118. The molecule has 43 heavy (non-hydrogen) atoms. The van der Waals surface area contributed by atoms with Crippen LogP contribution in [0.15, 0.2) is 61.1 Å². The topological polar surface area (TPSA) is 145 Å². The number of nitrogens with zero attached hydrogens (tertiary/aromatic N) is 8. The Morgan fingerprint density at radius 3 is 2.72 bits per heavy atom. The zero-order valence-electron chi connectivity index (χ0n) is 24.2. The Kier molecular flexibility index (Phi) is 7.79. The van der Waals surface area contributed by atoms with E-state index in [2.05, 4.69) is 47.4 Å². The molecule has 220 valence electrons. The van der Waals surface area contributed by atoms with Gasteiger partial charge in [-0.2, -0.15) is 0 Å². The minimum Gasteiger partial charge on any atom is -0.457 e. The van der Waals surface area contributed by atoms with Crippen LogP contribution in [0.4, 0.5) is 17.5 Å². The molecule has 1 amide bonds. The number of piperidine rings is 1. The number of amides is 1. The van der Waals surface area contributed by atoms with Crippen LogP contribution in [0.1, 0.15) is 18.4 Å². The number of aromatic nitrogens is 7. The van der Waals surface area contributed by atoms with E-state index in [-0.39, 0.29) is 18.6 Å². The molecular weight excluding hydrogens is 548 g/mol. The molecule has 1 saturated heterocycles. The number of nitrogens with one attached hydrogen (secondary N) is 2. The first-order chi connectivity index (χ1) is 20.9. The number of hydrogen-bond acceptors (Lipinski definition) is 11. The highest BCUT2D eigenvalue weighted by Crippen LogP contribution is 2.31. The Balaban J connectivity index is 1.14. The molecule has 13 nitrogen and oxygen atoms in total. The second-order valence-corrected chi connectivity index (χ2v) is 10.5. The van der Waals surface area contributed by atoms with Gasteiger partial charge in [0.05, 0.1) is 18.3 Å². The predicted octanol–water partition coefficient (Wildman–Crippen LogP) is 3.83. The van der Waals surface area contributed by atoms with Crippen molar-refractivity contribution in [2.45, 2.75) is 25.8 Å². The number of benzene rings is 2. The first kappa shape index (κ1) is 28.0. The molecule has 0 spiro atoms. The maximum atomic E-state index is 12.3. The number of rotatable bonds is 9. The van der Waals surface area contributed by atoms with Gasteiger partial charge in [-0.05, 0) is 55.7 Å². The Labute approximate surface area is 248 Å². The van der Waals surface area contributed by atoms with Crippen molar-refractivity contribution in [2.75, 3.05) is 37.0 Å². The third-order valence-corrected chi connectivity index (χ3v) is 7.37. The van der Waals surface area contributed by atoms with E-state index >= 15 is 0 Å². The first-order valence-corrected chi connectivity index (χ1v) is 13.9. The van der Waals surface area contributed by atoms with Crippen molar-refractivity contribution < 1.29 is 14.3 Å². The number of methoxy groups -OCH3 is 1. The molecule has 0 radical (unpaired) electrons. The molecule has 3 aromatic heterocycles. The van der Waals surface area contributed by atoms with Gasteiger partial charge in [0.1, 0.15) is 34.4 Å². The highest BCUT2D eigenvalue weighted by Gasteiger charge is 2.23. The summed E-state index contributed by atoms with van der Waals surface area (Å²) in [7, 11) is 3.40. The third-order valence-electron chi connectivity index (χ3n) is 7.37. The number of carbonyl (C=O) groups excluding carboxylic acids is 1. The normalized spacial score (nSPS) is 13.8. The molecule has 0 unspecified atom stereocenters. The fourth-order valence-electron chi connectivity index (χ4n) is 5.03. The Hall–Kier alpha value is -5.17. The number of carbonyl (C=O) groups is 1.